The Morgan fingerprint density at radius 3 is 2.91 bits per heavy atom. The van der Waals surface area contributed by atoms with Gasteiger partial charge in [-0.2, -0.15) is 11.3 Å². The van der Waals surface area contributed by atoms with Crippen LogP contribution in [0.2, 0.25) is 0 Å². The molecular weight excluding hydrogens is 310 g/mol. The summed E-state index contributed by atoms with van der Waals surface area (Å²) in [5, 5.41) is 4.97. The third-order valence-corrected chi connectivity index (χ3v) is 4.41. The molecule has 0 saturated carbocycles. The molecule has 0 radical (unpaired) electrons. The highest BCUT2D eigenvalue weighted by atomic mass is 32.1. The van der Waals surface area contributed by atoms with Crippen molar-refractivity contribution in [2.75, 3.05) is 13.7 Å². The van der Waals surface area contributed by atoms with Gasteiger partial charge in [-0.25, -0.2) is 0 Å². The lowest BCUT2D eigenvalue weighted by Crippen LogP contribution is -2.30. The Balaban J connectivity index is 1.90. The number of nitrogens with zero attached hydrogens (tertiary/aromatic N) is 1. The molecule has 0 aliphatic carbocycles. The first-order valence-corrected chi connectivity index (χ1v) is 8.54. The summed E-state index contributed by atoms with van der Waals surface area (Å²) in [5.74, 6) is 0.908. The standard InChI is InChI=1S/C18H19NO3S/c1-3-8-19(11-13-7-9-23-12-13)18(20)16-10-14-5-4-6-15(21-2)17(14)22-16/h4-7,9-10,12H,3,8,11H2,1-2H3. The van der Waals surface area contributed by atoms with E-state index in [1.165, 1.54) is 0 Å². The van der Waals surface area contributed by atoms with Gasteiger partial charge >= 0.3 is 0 Å². The van der Waals surface area contributed by atoms with Crippen molar-refractivity contribution in [2.45, 2.75) is 19.9 Å². The van der Waals surface area contributed by atoms with E-state index >= 15 is 0 Å². The predicted octanol–water partition coefficient (Wildman–Crippen LogP) is 4.56. The molecule has 1 aromatic carbocycles. The fourth-order valence-electron chi connectivity index (χ4n) is 2.58. The number of carbonyl (C=O) groups is 1. The van der Waals surface area contributed by atoms with Crippen LogP contribution in [0.4, 0.5) is 0 Å². The smallest absolute Gasteiger partial charge is 0.289 e. The highest BCUT2D eigenvalue weighted by Crippen LogP contribution is 2.29. The Kier molecular flexibility index (Phi) is 4.67. The second-order valence-corrected chi connectivity index (χ2v) is 6.13. The van der Waals surface area contributed by atoms with Crippen LogP contribution in [0.1, 0.15) is 29.5 Å². The van der Waals surface area contributed by atoms with Crippen molar-refractivity contribution in [1.82, 2.24) is 4.90 Å². The molecule has 0 bridgehead atoms. The van der Waals surface area contributed by atoms with E-state index in [-0.39, 0.29) is 5.91 Å². The summed E-state index contributed by atoms with van der Waals surface area (Å²) in [5.41, 5.74) is 1.76. The average Bonchev–Trinajstić information content (AvgIpc) is 3.22. The number of fused-ring (bicyclic) bond motifs is 1. The van der Waals surface area contributed by atoms with Crippen LogP contribution in [-0.4, -0.2) is 24.5 Å². The molecule has 0 aliphatic rings. The first-order chi connectivity index (χ1) is 11.2. The van der Waals surface area contributed by atoms with Crippen LogP contribution in [0.15, 0.2) is 45.5 Å². The molecule has 3 rings (SSSR count). The SMILES string of the molecule is CCCN(Cc1ccsc1)C(=O)c1cc2cccc(OC)c2o1. The van der Waals surface area contributed by atoms with Gasteiger partial charge in [0.05, 0.1) is 7.11 Å². The minimum Gasteiger partial charge on any atom is -0.493 e. The van der Waals surface area contributed by atoms with E-state index in [2.05, 4.69) is 12.3 Å². The fourth-order valence-corrected chi connectivity index (χ4v) is 3.24. The number of ether oxygens (including phenoxy) is 1. The molecule has 0 saturated heterocycles. The van der Waals surface area contributed by atoms with E-state index < -0.39 is 0 Å². The van der Waals surface area contributed by atoms with Gasteiger partial charge in [0, 0.05) is 18.5 Å². The van der Waals surface area contributed by atoms with Gasteiger partial charge in [-0.3, -0.25) is 4.79 Å². The van der Waals surface area contributed by atoms with Gasteiger partial charge in [-0.05, 0) is 40.9 Å². The topological polar surface area (TPSA) is 42.7 Å². The number of rotatable bonds is 6. The van der Waals surface area contributed by atoms with Crippen molar-refractivity contribution >= 4 is 28.2 Å². The summed E-state index contributed by atoms with van der Waals surface area (Å²) < 4.78 is 11.1. The maximum atomic E-state index is 12.8. The monoisotopic (exact) mass is 329 g/mol. The predicted molar refractivity (Wildman–Crippen MR) is 92.1 cm³/mol. The van der Waals surface area contributed by atoms with Gasteiger partial charge in [0.15, 0.2) is 17.1 Å². The normalized spacial score (nSPS) is 10.9. The Hall–Kier alpha value is -2.27. The zero-order valence-corrected chi connectivity index (χ0v) is 14.1. The van der Waals surface area contributed by atoms with E-state index in [4.69, 9.17) is 9.15 Å². The van der Waals surface area contributed by atoms with E-state index in [0.29, 0.717) is 30.2 Å². The zero-order chi connectivity index (χ0) is 16.2. The summed E-state index contributed by atoms with van der Waals surface area (Å²) in [4.78, 5) is 14.7. The van der Waals surface area contributed by atoms with Crippen molar-refractivity contribution in [3.05, 3.63) is 52.4 Å². The van der Waals surface area contributed by atoms with Crippen LogP contribution in [-0.2, 0) is 6.54 Å². The molecule has 0 aliphatic heterocycles. The summed E-state index contributed by atoms with van der Waals surface area (Å²) in [7, 11) is 1.60. The van der Waals surface area contributed by atoms with Crippen LogP contribution < -0.4 is 4.74 Å². The highest BCUT2D eigenvalue weighted by molar-refractivity contribution is 7.07. The van der Waals surface area contributed by atoms with E-state index in [9.17, 15) is 4.79 Å². The molecule has 1 amide bonds. The Labute approximate surface area is 139 Å². The first-order valence-electron chi connectivity index (χ1n) is 7.59. The van der Waals surface area contributed by atoms with Crippen LogP contribution in [0.3, 0.4) is 0 Å². The Bertz CT molecular complexity index is 792. The molecule has 23 heavy (non-hydrogen) atoms. The Morgan fingerprint density at radius 1 is 1.35 bits per heavy atom. The minimum atomic E-state index is -0.0868. The number of thiophene rings is 1. The van der Waals surface area contributed by atoms with Gasteiger partial charge in [-0.15, -0.1) is 0 Å². The summed E-state index contributed by atoms with van der Waals surface area (Å²) in [6.45, 7) is 3.36. The molecule has 4 nitrogen and oxygen atoms in total. The zero-order valence-electron chi connectivity index (χ0n) is 13.2. The average molecular weight is 329 g/mol. The molecule has 0 unspecified atom stereocenters. The third-order valence-electron chi connectivity index (χ3n) is 3.67. The van der Waals surface area contributed by atoms with E-state index in [1.807, 2.05) is 34.5 Å². The Morgan fingerprint density at radius 2 is 2.22 bits per heavy atom. The van der Waals surface area contributed by atoms with Crippen LogP contribution in [0.25, 0.3) is 11.0 Å². The fraction of sp³-hybridized carbons (Fsp3) is 0.278. The molecule has 0 N–H and O–H groups in total. The van der Waals surface area contributed by atoms with Gasteiger partial charge in [0.2, 0.25) is 0 Å². The molecule has 0 atom stereocenters. The molecule has 2 heterocycles. The van der Waals surface area contributed by atoms with Gasteiger partial charge < -0.3 is 14.1 Å². The van der Waals surface area contributed by atoms with Crippen LogP contribution >= 0.6 is 11.3 Å². The summed E-state index contributed by atoms with van der Waals surface area (Å²) in [6, 6.07) is 9.47. The van der Waals surface area contributed by atoms with E-state index in [1.54, 1.807) is 24.5 Å². The van der Waals surface area contributed by atoms with E-state index in [0.717, 1.165) is 17.4 Å². The van der Waals surface area contributed by atoms with Crippen molar-refractivity contribution in [1.29, 1.82) is 0 Å². The van der Waals surface area contributed by atoms with Crippen molar-refractivity contribution in [3.8, 4) is 5.75 Å². The number of amides is 1. The lowest BCUT2D eigenvalue weighted by Gasteiger charge is -2.20. The molecule has 5 heteroatoms. The molecule has 0 spiro atoms. The lowest BCUT2D eigenvalue weighted by atomic mass is 10.2. The first kappa shape index (κ1) is 15.6. The number of hydrogen-bond donors (Lipinski definition) is 0. The maximum Gasteiger partial charge on any atom is 0.289 e. The van der Waals surface area contributed by atoms with Gasteiger partial charge in [0.1, 0.15) is 0 Å². The minimum absolute atomic E-state index is 0.0868. The number of furan rings is 1. The largest absolute Gasteiger partial charge is 0.493 e. The summed E-state index contributed by atoms with van der Waals surface area (Å²) >= 11 is 1.64. The highest BCUT2D eigenvalue weighted by Gasteiger charge is 2.20. The number of para-hydroxylation sites is 1. The quantitative estimate of drug-likeness (QED) is 0.666. The van der Waals surface area contributed by atoms with Crippen molar-refractivity contribution in [2.24, 2.45) is 0 Å². The lowest BCUT2D eigenvalue weighted by molar-refractivity contribution is 0.0713. The number of carbonyl (C=O) groups excluding carboxylic acids is 1. The van der Waals surface area contributed by atoms with Gasteiger partial charge in [0.25, 0.3) is 5.91 Å². The van der Waals surface area contributed by atoms with Crippen molar-refractivity contribution in [3.63, 3.8) is 0 Å². The molecule has 120 valence electrons. The third kappa shape index (κ3) is 3.24. The maximum absolute atomic E-state index is 12.8. The summed E-state index contributed by atoms with van der Waals surface area (Å²) in [6.07, 6.45) is 0.902. The molecule has 3 aromatic rings. The number of hydrogen-bond acceptors (Lipinski definition) is 4. The molecule has 0 fully saturated rings. The number of methoxy groups -OCH3 is 1. The number of benzene rings is 1. The second-order valence-electron chi connectivity index (χ2n) is 5.35. The molecule has 2 aromatic heterocycles. The van der Waals surface area contributed by atoms with Gasteiger partial charge in [-0.1, -0.05) is 19.1 Å². The van der Waals surface area contributed by atoms with Crippen LogP contribution in [0, 0.1) is 0 Å². The van der Waals surface area contributed by atoms with Crippen molar-refractivity contribution < 1.29 is 13.9 Å². The van der Waals surface area contributed by atoms with Crippen LogP contribution in [0.5, 0.6) is 5.75 Å². The second kappa shape index (κ2) is 6.87. The molecular formula is C18H19NO3S.